The minimum Gasteiger partial charge on any atom is -0.484 e. The van der Waals surface area contributed by atoms with Gasteiger partial charge >= 0.3 is 0 Å². The minimum absolute atomic E-state index is 0.105. The van der Waals surface area contributed by atoms with E-state index in [-0.39, 0.29) is 18.1 Å². The van der Waals surface area contributed by atoms with Crippen molar-refractivity contribution >= 4 is 39.0 Å². The van der Waals surface area contributed by atoms with Gasteiger partial charge in [0.15, 0.2) is 12.4 Å². The number of nitro groups is 1. The van der Waals surface area contributed by atoms with E-state index in [4.69, 9.17) is 4.74 Å². The molecule has 3 aromatic carbocycles. The minimum atomic E-state index is -0.538. The maximum atomic E-state index is 13.0. The monoisotopic (exact) mass is 472 g/mol. The van der Waals surface area contributed by atoms with Crippen molar-refractivity contribution in [3.8, 4) is 5.75 Å². The topological polar surface area (TPSA) is 98.5 Å². The van der Waals surface area contributed by atoms with E-state index < -0.39 is 16.6 Å². The Bertz CT molecular complexity index is 1100. The molecule has 0 unspecified atom stereocenters. The highest BCUT2D eigenvalue weighted by Crippen LogP contribution is 2.27. The number of benzene rings is 3. The predicted molar refractivity (Wildman–Crippen MR) is 111 cm³/mol. The zero-order valence-corrected chi connectivity index (χ0v) is 16.9. The van der Waals surface area contributed by atoms with Crippen molar-refractivity contribution < 1.29 is 23.6 Å². The highest BCUT2D eigenvalue weighted by molar-refractivity contribution is 9.10. The first kappa shape index (κ1) is 21.1. The molecular weight excluding hydrogens is 459 g/mol. The molecule has 0 spiro atoms. The smallest absolute Gasteiger partial charge is 0.270 e. The van der Waals surface area contributed by atoms with E-state index in [1.54, 1.807) is 24.3 Å². The number of nitro benzene ring substituents is 1. The third kappa shape index (κ3) is 5.26. The number of nitrogens with one attached hydrogen (secondary N) is 1. The molecular formula is C21H14BrFN2O5. The Morgan fingerprint density at radius 2 is 1.60 bits per heavy atom. The highest BCUT2D eigenvalue weighted by Gasteiger charge is 2.12. The van der Waals surface area contributed by atoms with E-state index in [2.05, 4.69) is 21.2 Å². The molecule has 7 nitrogen and oxygen atoms in total. The summed E-state index contributed by atoms with van der Waals surface area (Å²) in [5.41, 5.74) is 1.02. The molecule has 30 heavy (non-hydrogen) atoms. The van der Waals surface area contributed by atoms with Crippen molar-refractivity contribution in [1.29, 1.82) is 0 Å². The van der Waals surface area contributed by atoms with E-state index in [1.807, 2.05) is 0 Å². The molecule has 1 amide bonds. The number of ether oxygens (including phenoxy) is 1. The van der Waals surface area contributed by atoms with Crippen molar-refractivity contribution in [2.75, 3.05) is 11.9 Å². The quantitative estimate of drug-likeness (QED) is 0.304. The van der Waals surface area contributed by atoms with Gasteiger partial charge in [0.1, 0.15) is 11.6 Å². The molecule has 0 saturated heterocycles. The SMILES string of the molecule is O=C(COc1ccc(C(=O)c2ccc(F)cc2)cc1)Nc1ccc([N+](=O)[O-])cc1Br. The molecule has 0 saturated carbocycles. The molecule has 0 aliphatic heterocycles. The van der Waals surface area contributed by atoms with Gasteiger partial charge in [-0.2, -0.15) is 0 Å². The summed E-state index contributed by atoms with van der Waals surface area (Å²) >= 11 is 3.17. The summed E-state index contributed by atoms with van der Waals surface area (Å²) in [4.78, 5) is 34.6. The summed E-state index contributed by atoms with van der Waals surface area (Å²) < 4.78 is 18.7. The number of hydrogen-bond acceptors (Lipinski definition) is 5. The lowest BCUT2D eigenvalue weighted by atomic mass is 10.0. The number of non-ortho nitro benzene ring substituents is 1. The number of ketones is 1. The van der Waals surface area contributed by atoms with Crippen molar-refractivity contribution in [2.45, 2.75) is 0 Å². The van der Waals surface area contributed by atoms with Crippen molar-refractivity contribution in [3.63, 3.8) is 0 Å². The van der Waals surface area contributed by atoms with Crippen LogP contribution in [0.2, 0.25) is 0 Å². The largest absolute Gasteiger partial charge is 0.484 e. The van der Waals surface area contributed by atoms with Crippen LogP contribution in [0.25, 0.3) is 0 Å². The molecule has 0 aliphatic carbocycles. The number of carbonyl (C=O) groups excluding carboxylic acids is 2. The summed E-state index contributed by atoms with van der Waals surface area (Å²) in [6.45, 7) is -0.297. The van der Waals surface area contributed by atoms with E-state index in [1.165, 1.54) is 42.5 Å². The van der Waals surface area contributed by atoms with Gasteiger partial charge in [0, 0.05) is 27.7 Å². The zero-order valence-electron chi connectivity index (χ0n) is 15.3. The summed E-state index contributed by atoms with van der Waals surface area (Å²) in [6.07, 6.45) is 0. The number of halogens is 2. The molecule has 0 aliphatic rings. The van der Waals surface area contributed by atoms with E-state index in [9.17, 15) is 24.1 Å². The van der Waals surface area contributed by atoms with Gasteiger partial charge < -0.3 is 10.1 Å². The third-order valence-corrected chi connectivity index (χ3v) is 4.69. The first-order chi connectivity index (χ1) is 14.3. The van der Waals surface area contributed by atoms with Gasteiger partial charge in [-0.25, -0.2) is 4.39 Å². The van der Waals surface area contributed by atoms with Gasteiger partial charge in [-0.1, -0.05) is 0 Å². The van der Waals surface area contributed by atoms with Crippen molar-refractivity contribution in [3.05, 3.63) is 98.3 Å². The van der Waals surface area contributed by atoms with Crippen LogP contribution in [-0.2, 0) is 4.79 Å². The molecule has 0 aromatic heterocycles. The second-order valence-electron chi connectivity index (χ2n) is 6.12. The Morgan fingerprint density at radius 3 is 2.17 bits per heavy atom. The van der Waals surface area contributed by atoms with Crippen LogP contribution in [0.4, 0.5) is 15.8 Å². The summed E-state index contributed by atoms with van der Waals surface area (Å²) in [5.74, 6) is -0.767. The van der Waals surface area contributed by atoms with Crippen LogP contribution in [-0.4, -0.2) is 23.2 Å². The average molecular weight is 473 g/mol. The fourth-order valence-electron chi connectivity index (χ4n) is 2.52. The van der Waals surface area contributed by atoms with Crippen molar-refractivity contribution in [2.24, 2.45) is 0 Å². The maximum absolute atomic E-state index is 13.0. The lowest BCUT2D eigenvalue weighted by Crippen LogP contribution is -2.20. The van der Waals surface area contributed by atoms with E-state index >= 15 is 0 Å². The van der Waals surface area contributed by atoms with Crippen LogP contribution in [0.15, 0.2) is 71.2 Å². The summed E-state index contributed by atoms with van der Waals surface area (Å²) in [6, 6.07) is 15.4. The first-order valence-electron chi connectivity index (χ1n) is 8.60. The Labute approximate surface area is 178 Å². The molecule has 0 bridgehead atoms. The van der Waals surface area contributed by atoms with Crippen LogP contribution in [0.1, 0.15) is 15.9 Å². The Balaban J connectivity index is 1.57. The van der Waals surface area contributed by atoms with E-state index in [0.717, 1.165) is 0 Å². The van der Waals surface area contributed by atoms with Crippen LogP contribution >= 0.6 is 15.9 Å². The number of anilines is 1. The third-order valence-electron chi connectivity index (χ3n) is 4.03. The van der Waals surface area contributed by atoms with Gasteiger partial charge in [-0.05, 0) is 70.5 Å². The van der Waals surface area contributed by atoms with Gasteiger partial charge in [-0.3, -0.25) is 19.7 Å². The standard InChI is InChI=1S/C21H14BrFN2O5/c22-18-11-16(25(28)29)7-10-19(18)24-20(26)12-30-17-8-3-14(4-9-17)21(27)13-1-5-15(23)6-2-13/h1-11H,12H2,(H,24,26). The molecule has 3 aromatic rings. The lowest BCUT2D eigenvalue weighted by molar-refractivity contribution is -0.384. The molecule has 1 N–H and O–H groups in total. The summed E-state index contributed by atoms with van der Waals surface area (Å²) in [7, 11) is 0. The fraction of sp³-hybridized carbons (Fsp3) is 0.0476. The Kier molecular flexibility index (Phi) is 6.53. The number of nitrogens with zero attached hydrogens (tertiary/aromatic N) is 1. The van der Waals surface area contributed by atoms with Crippen LogP contribution in [0, 0.1) is 15.9 Å². The van der Waals surface area contributed by atoms with E-state index in [0.29, 0.717) is 27.0 Å². The molecule has 9 heteroatoms. The van der Waals surface area contributed by atoms with Gasteiger partial charge in [0.2, 0.25) is 0 Å². The number of carbonyl (C=O) groups is 2. The first-order valence-corrected chi connectivity index (χ1v) is 9.40. The normalized spacial score (nSPS) is 10.3. The molecule has 0 heterocycles. The Hall–Kier alpha value is -3.59. The highest BCUT2D eigenvalue weighted by atomic mass is 79.9. The zero-order chi connectivity index (χ0) is 21.7. The predicted octanol–water partition coefficient (Wildman–Crippen LogP) is 4.74. The number of amides is 1. The average Bonchev–Trinajstić information content (AvgIpc) is 2.74. The second kappa shape index (κ2) is 9.27. The molecule has 152 valence electrons. The molecule has 0 radical (unpaired) electrons. The van der Waals surface area contributed by atoms with Crippen LogP contribution in [0.5, 0.6) is 5.75 Å². The van der Waals surface area contributed by atoms with Crippen LogP contribution < -0.4 is 10.1 Å². The molecule has 0 atom stereocenters. The van der Waals surface area contributed by atoms with Gasteiger partial charge in [0.05, 0.1) is 10.6 Å². The van der Waals surface area contributed by atoms with Gasteiger partial charge in [-0.15, -0.1) is 0 Å². The number of rotatable bonds is 7. The van der Waals surface area contributed by atoms with Crippen LogP contribution in [0.3, 0.4) is 0 Å². The number of hydrogen-bond donors (Lipinski definition) is 1. The molecule has 0 fully saturated rings. The lowest BCUT2D eigenvalue weighted by Gasteiger charge is -2.09. The second-order valence-corrected chi connectivity index (χ2v) is 6.97. The fourth-order valence-corrected chi connectivity index (χ4v) is 2.99. The maximum Gasteiger partial charge on any atom is 0.270 e. The van der Waals surface area contributed by atoms with Crippen molar-refractivity contribution in [1.82, 2.24) is 0 Å². The Morgan fingerprint density at radius 1 is 1.00 bits per heavy atom. The summed E-state index contributed by atoms with van der Waals surface area (Å²) in [5, 5.41) is 13.3. The molecule has 3 rings (SSSR count). The van der Waals surface area contributed by atoms with Gasteiger partial charge in [0.25, 0.3) is 11.6 Å².